The summed E-state index contributed by atoms with van der Waals surface area (Å²) in [6, 6.07) is 3.44. The third-order valence-corrected chi connectivity index (χ3v) is 3.42. The van der Waals surface area contributed by atoms with Gasteiger partial charge in [0.1, 0.15) is 0 Å². The second-order valence-corrected chi connectivity index (χ2v) is 5.84. The minimum absolute atomic E-state index is 0.0754. The maximum Gasteiger partial charge on any atom is 0.418 e. The van der Waals surface area contributed by atoms with Crippen LogP contribution in [0.1, 0.15) is 22.8 Å². The van der Waals surface area contributed by atoms with Gasteiger partial charge in [-0.15, -0.1) is 0 Å². The molecule has 0 aliphatic heterocycles. The second-order valence-electron chi connectivity index (χ2n) is 4.29. The van der Waals surface area contributed by atoms with Crippen molar-refractivity contribution in [3.63, 3.8) is 0 Å². The summed E-state index contributed by atoms with van der Waals surface area (Å²) < 4.78 is 49.8. The highest BCUT2D eigenvalue weighted by Crippen LogP contribution is 2.36. The van der Waals surface area contributed by atoms with Gasteiger partial charge in [-0.3, -0.25) is 9.00 Å². The Hall–Kier alpha value is -1.57. The van der Waals surface area contributed by atoms with Crippen LogP contribution >= 0.6 is 0 Å². The maximum atomic E-state index is 13.0. The first-order chi connectivity index (χ1) is 9.77. The van der Waals surface area contributed by atoms with E-state index in [1.54, 1.807) is 6.92 Å². The minimum Gasteiger partial charge on any atom is -0.384 e. The molecule has 1 aromatic carbocycles. The van der Waals surface area contributed by atoms with Gasteiger partial charge in [-0.05, 0) is 19.1 Å². The number of para-hydroxylation sites is 1. The Balaban J connectivity index is 3.05. The van der Waals surface area contributed by atoms with Gasteiger partial charge >= 0.3 is 6.18 Å². The summed E-state index contributed by atoms with van der Waals surface area (Å²) in [6.45, 7) is 2.05. The standard InChI is InChI=1S/C13H17F3N2O2S/c1-3-17-11-9(12(19)18-7-8-21(2)20)5-4-6-10(11)13(14,15)16/h4-6,17H,3,7-8H2,1-2H3,(H,18,19). The number of alkyl halides is 3. The van der Waals surface area contributed by atoms with Crippen LogP contribution in [0.3, 0.4) is 0 Å². The zero-order chi connectivity index (χ0) is 16.0. The first kappa shape index (κ1) is 17.5. The molecule has 1 rings (SSSR count). The zero-order valence-corrected chi connectivity index (χ0v) is 12.5. The van der Waals surface area contributed by atoms with Crippen LogP contribution < -0.4 is 10.6 Å². The molecule has 0 spiro atoms. The molecule has 0 saturated carbocycles. The molecule has 2 N–H and O–H groups in total. The van der Waals surface area contributed by atoms with Crippen LogP contribution in [0.25, 0.3) is 0 Å². The SMILES string of the molecule is CCNc1c(C(=O)NCCS(C)=O)cccc1C(F)(F)F. The summed E-state index contributed by atoms with van der Waals surface area (Å²) in [6.07, 6.45) is -3.06. The quantitative estimate of drug-likeness (QED) is 0.844. The molecule has 0 saturated heterocycles. The number of halogens is 3. The molecule has 1 unspecified atom stereocenters. The Morgan fingerprint density at radius 3 is 2.52 bits per heavy atom. The Labute approximate surface area is 123 Å². The van der Waals surface area contributed by atoms with Crippen LogP contribution in [0.2, 0.25) is 0 Å². The molecule has 0 aromatic heterocycles. The van der Waals surface area contributed by atoms with Crippen molar-refractivity contribution in [2.45, 2.75) is 13.1 Å². The number of amides is 1. The number of benzene rings is 1. The second kappa shape index (κ2) is 7.44. The average Bonchev–Trinajstić information content (AvgIpc) is 2.37. The fourth-order valence-corrected chi connectivity index (χ4v) is 2.14. The van der Waals surface area contributed by atoms with Crippen molar-refractivity contribution in [3.8, 4) is 0 Å². The third-order valence-electron chi connectivity index (χ3n) is 2.64. The van der Waals surface area contributed by atoms with Gasteiger partial charge in [0.05, 0.1) is 16.8 Å². The van der Waals surface area contributed by atoms with Gasteiger partial charge in [-0.25, -0.2) is 0 Å². The summed E-state index contributed by atoms with van der Waals surface area (Å²) in [4.78, 5) is 12.0. The van der Waals surface area contributed by atoms with Crippen molar-refractivity contribution in [3.05, 3.63) is 29.3 Å². The molecular formula is C13H17F3N2O2S. The maximum absolute atomic E-state index is 13.0. The lowest BCUT2D eigenvalue weighted by Gasteiger charge is -2.17. The number of hydrogen-bond donors (Lipinski definition) is 2. The number of anilines is 1. The predicted molar refractivity (Wildman–Crippen MR) is 76.9 cm³/mol. The lowest BCUT2D eigenvalue weighted by Crippen LogP contribution is -2.29. The van der Waals surface area contributed by atoms with E-state index in [2.05, 4.69) is 10.6 Å². The molecule has 0 fully saturated rings. The molecule has 0 heterocycles. The summed E-state index contributed by atoms with van der Waals surface area (Å²) in [5.74, 6) is -0.371. The molecule has 8 heteroatoms. The highest BCUT2D eigenvalue weighted by Gasteiger charge is 2.35. The molecule has 1 aromatic rings. The van der Waals surface area contributed by atoms with E-state index in [0.29, 0.717) is 0 Å². The smallest absolute Gasteiger partial charge is 0.384 e. The van der Waals surface area contributed by atoms with E-state index in [4.69, 9.17) is 0 Å². The van der Waals surface area contributed by atoms with E-state index < -0.39 is 28.4 Å². The van der Waals surface area contributed by atoms with E-state index >= 15 is 0 Å². The largest absolute Gasteiger partial charge is 0.418 e. The summed E-state index contributed by atoms with van der Waals surface area (Å²) in [5, 5.41) is 5.06. The van der Waals surface area contributed by atoms with E-state index in [0.717, 1.165) is 6.07 Å². The zero-order valence-electron chi connectivity index (χ0n) is 11.7. The fourth-order valence-electron chi connectivity index (χ4n) is 1.75. The number of nitrogens with one attached hydrogen (secondary N) is 2. The van der Waals surface area contributed by atoms with Crippen LogP contribution in [-0.2, 0) is 17.0 Å². The number of hydrogen-bond acceptors (Lipinski definition) is 3. The van der Waals surface area contributed by atoms with Crippen LogP contribution in [0, 0.1) is 0 Å². The van der Waals surface area contributed by atoms with E-state index in [9.17, 15) is 22.2 Å². The first-order valence-electron chi connectivity index (χ1n) is 6.29. The van der Waals surface area contributed by atoms with Gasteiger partial charge in [-0.1, -0.05) is 6.07 Å². The van der Waals surface area contributed by atoms with Crippen molar-refractivity contribution in [1.82, 2.24) is 5.32 Å². The van der Waals surface area contributed by atoms with Crippen LogP contribution in [-0.4, -0.2) is 35.2 Å². The lowest BCUT2D eigenvalue weighted by atomic mass is 10.1. The normalized spacial score (nSPS) is 12.8. The lowest BCUT2D eigenvalue weighted by molar-refractivity contribution is -0.137. The monoisotopic (exact) mass is 322 g/mol. The van der Waals surface area contributed by atoms with Crippen molar-refractivity contribution >= 4 is 22.4 Å². The number of rotatable bonds is 6. The van der Waals surface area contributed by atoms with Crippen molar-refractivity contribution in [1.29, 1.82) is 0 Å². The fraction of sp³-hybridized carbons (Fsp3) is 0.462. The summed E-state index contributed by atoms with van der Waals surface area (Å²) in [7, 11) is -1.08. The van der Waals surface area contributed by atoms with Crippen LogP contribution in [0.5, 0.6) is 0 Å². The Kier molecular flexibility index (Phi) is 6.19. The molecule has 4 nitrogen and oxygen atoms in total. The summed E-state index contributed by atoms with van der Waals surface area (Å²) in [5.41, 5.74) is -1.19. The van der Waals surface area contributed by atoms with E-state index in [1.165, 1.54) is 18.4 Å². The van der Waals surface area contributed by atoms with Crippen LogP contribution in [0.15, 0.2) is 18.2 Å². The van der Waals surface area contributed by atoms with E-state index in [1.807, 2.05) is 0 Å². The Morgan fingerprint density at radius 2 is 2.00 bits per heavy atom. The topological polar surface area (TPSA) is 58.2 Å². The molecule has 1 atom stereocenters. The van der Waals surface area contributed by atoms with Crippen molar-refractivity contribution in [2.75, 3.05) is 30.4 Å². The molecule has 0 radical (unpaired) electrons. The average molecular weight is 322 g/mol. The molecule has 0 bridgehead atoms. The molecule has 1 amide bonds. The van der Waals surface area contributed by atoms with Crippen molar-refractivity contribution < 1.29 is 22.2 Å². The van der Waals surface area contributed by atoms with Crippen LogP contribution in [0.4, 0.5) is 18.9 Å². The molecule has 0 aliphatic carbocycles. The van der Waals surface area contributed by atoms with Gasteiger partial charge in [-0.2, -0.15) is 13.2 Å². The van der Waals surface area contributed by atoms with Gasteiger partial charge in [0.25, 0.3) is 5.91 Å². The number of carbonyl (C=O) groups excluding carboxylic acids is 1. The molecular weight excluding hydrogens is 305 g/mol. The molecule has 0 aliphatic rings. The minimum atomic E-state index is -4.54. The van der Waals surface area contributed by atoms with Gasteiger partial charge in [0.2, 0.25) is 0 Å². The third kappa shape index (κ3) is 5.04. The first-order valence-corrected chi connectivity index (χ1v) is 8.02. The molecule has 21 heavy (non-hydrogen) atoms. The van der Waals surface area contributed by atoms with Gasteiger partial charge in [0.15, 0.2) is 0 Å². The Morgan fingerprint density at radius 1 is 1.33 bits per heavy atom. The highest BCUT2D eigenvalue weighted by molar-refractivity contribution is 7.84. The van der Waals surface area contributed by atoms with Gasteiger partial charge in [0, 0.05) is 35.9 Å². The van der Waals surface area contributed by atoms with Gasteiger partial charge < -0.3 is 10.6 Å². The molecule has 118 valence electrons. The Bertz CT molecular complexity index is 533. The van der Waals surface area contributed by atoms with Crippen molar-refractivity contribution in [2.24, 2.45) is 0 Å². The summed E-state index contributed by atoms with van der Waals surface area (Å²) >= 11 is 0. The highest BCUT2D eigenvalue weighted by atomic mass is 32.2. The number of carbonyl (C=O) groups is 1. The van der Waals surface area contributed by atoms with E-state index in [-0.39, 0.29) is 30.1 Å². The predicted octanol–water partition coefficient (Wildman–Crippen LogP) is 2.25.